The molecule has 0 aromatic heterocycles. The lowest BCUT2D eigenvalue weighted by Gasteiger charge is -2.18. The van der Waals surface area contributed by atoms with Crippen LogP contribution in [-0.2, 0) is 9.59 Å². The molecule has 80 valence electrons. The third-order valence-corrected chi connectivity index (χ3v) is 1.70. The van der Waals surface area contributed by atoms with Crippen molar-refractivity contribution in [2.24, 2.45) is 0 Å². The number of halogens is 1. The van der Waals surface area contributed by atoms with Crippen LogP contribution in [-0.4, -0.2) is 41.1 Å². The second-order valence-electron chi connectivity index (χ2n) is 3.34. The minimum atomic E-state index is 0. The quantitative estimate of drug-likeness (QED) is 0.694. The van der Waals surface area contributed by atoms with Gasteiger partial charge in [-0.25, -0.2) is 0 Å². The number of nitrogens with zero attached hydrogens (tertiary/aromatic N) is 2. The largest absolute Gasteiger partial charge is 0.351 e. The van der Waals surface area contributed by atoms with Gasteiger partial charge in [0.15, 0.2) is 0 Å². The maximum Gasteiger partial charge on any atom is 0.149 e. The van der Waals surface area contributed by atoms with E-state index in [1.807, 2.05) is 22.2 Å². The Morgan fingerprint density at radius 2 is 1.43 bits per heavy atom. The molecule has 1 aliphatic rings. The van der Waals surface area contributed by atoms with Gasteiger partial charge in [0.05, 0.1) is 19.8 Å². The van der Waals surface area contributed by atoms with Crippen molar-refractivity contribution in [3.05, 3.63) is 12.4 Å². The number of hydrogen-bond donors (Lipinski definition) is 0. The zero-order valence-electron chi connectivity index (χ0n) is 8.40. The van der Waals surface area contributed by atoms with Crippen molar-refractivity contribution in [2.45, 2.75) is 13.8 Å². The number of hydrogen-bond acceptors (Lipinski definition) is 4. The van der Waals surface area contributed by atoms with Gasteiger partial charge in [0.2, 0.25) is 0 Å². The van der Waals surface area contributed by atoms with Crippen molar-refractivity contribution in [3.63, 3.8) is 0 Å². The van der Waals surface area contributed by atoms with Gasteiger partial charge in [0, 0.05) is 12.4 Å². The lowest BCUT2D eigenvalue weighted by molar-refractivity contribution is -0.117. The van der Waals surface area contributed by atoms with Crippen molar-refractivity contribution >= 4 is 24.0 Å². The Balaban J connectivity index is 0.00000169. The maximum atomic E-state index is 10.8. The SMILES string of the molecule is CC(=O)CN1C=CN(CC(C)=O)C1.Cl. The van der Waals surface area contributed by atoms with E-state index in [1.165, 1.54) is 0 Å². The molecule has 0 fully saturated rings. The fourth-order valence-electron chi connectivity index (χ4n) is 1.29. The Hall–Kier alpha value is -1.03. The molecular weight excluding hydrogens is 204 g/mol. The van der Waals surface area contributed by atoms with Gasteiger partial charge in [-0.15, -0.1) is 12.4 Å². The molecule has 0 amide bonds. The highest BCUT2D eigenvalue weighted by molar-refractivity contribution is 5.85. The average Bonchev–Trinajstić information content (AvgIpc) is 2.33. The minimum absolute atomic E-state index is 0. The molecule has 0 atom stereocenters. The molecular formula is C9H15ClN2O2. The van der Waals surface area contributed by atoms with Gasteiger partial charge < -0.3 is 9.80 Å². The summed E-state index contributed by atoms with van der Waals surface area (Å²) in [6.45, 7) is 4.60. The Bertz CT molecular complexity index is 229. The molecule has 4 nitrogen and oxygen atoms in total. The molecule has 0 spiro atoms. The Morgan fingerprint density at radius 1 is 1.07 bits per heavy atom. The molecule has 1 aliphatic heterocycles. The third-order valence-electron chi connectivity index (χ3n) is 1.70. The van der Waals surface area contributed by atoms with Gasteiger partial charge in [-0.2, -0.15) is 0 Å². The van der Waals surface area contributed by atoms with Crippen LogP contribution in [0, 0.1) is 0 Å². The zero-order chi connectivity index (χ0) is 9.84. The van der Waals surface area contributed by atoms with Gasteiger partial charge in [-0.3, -0.25) is 9.59 Å². The molecule has 0 saturated heterocycles. The van der Waals surface area contributed by atoms with E-state index < -0.39 is 0 Å². The van der Waals surface area contributed by atoms with Crippen molar-refractivity contribution in [1.82, 2.24) is 9.80 Å². The summed E-state index contributed by atoms with van der Waals surface area (Å²) in [5.74, 6) is 0.267. The second kappa shape index (κ2) is 5.65. The molecule has 0 aromatic carbocycles. The number of carbonyl (C=O) groups is 2. The first-order chi connectivity index (χ1) is 6.08. The monoisotopic (exact) mass is 218 g/mol. The summed E-state index contributed by atoms with van der Waals surface area (Å²) in [6, 6.07) is 0. The van der Waals surface area contributed by atoms with E-state index >= 15 is 0 Å². The first-order valence-electron chi connectivity index (χ1n) is 4.23. The molecule has 1 heterocycles. The molecule has 0 aromatic rings. The Labute approximate surface area is 90.0 Å². The zero-order valence-corrected chi connectivity index (χ0v) is 9.21. The standard InChI is InChI=1S/C9H14N2O2.ClH/c1-8(12)5-10-3-4-11(7-10)6-9(2)13;/h3-4H,5-7H2,1-2H3;1H. The average molecular weight is 219 g/mol. The predicted octanol–water partition coefficient (Wildman–Crippen LogP) is 0.633. The summed E-state index contributed by atoms with van der Waals surface area (Å²) in [7, 11) is 0. The summed E-state index contributed by atoms with van der Waals surface area (Å²) < 4.78 is 0. The predicted molar refractivity (Wildman–Crippen MR) is 56.0 cm³/mol. The van der Waals surface area contributed by atoms with Crippen LogP contribution in [0.15, 0.2) is 12.4 Å². The van der Waals surface area contributed by atoms with Gasteiger partial charge in [0.25, 0.3) is 0 Å². The van der Waals surface area contributed by atoms with E-state index in [-0.39, 0.29) is 24.0 Å². The number of rotatable bonds is 4. The fourth-order valence-corrected chi connectivity index (χ4v) is 1.29. The number of ketones is 2. The van der Waals surface area contributed by atoms with E-state index in [4.69, 9.17) is 0 Å². The van der Waals surface area contributed by atoms with Crippen LogP contribution in [0.5, 0.6) is 0 Å². The summed E-state index contributed by atoms with van der Waals surface area (Å²) in [5.41, 5.74) is 0. The summed E-state index contributed by atoms with van der Waals surface area (Å²) in [4.78, 5) is 25.3. The highest BCUT2D eigenvalue weighted by Gasteiger charge is 2.13. The summed E-state index contributed by atoms with van der Waals surface area (Å²) >= 11 is 0. The van der Waals surface area contributed by atoms with Gasteiger partial charge in [-0.05, 0) is 13.8 Å². The lowest BCUT2D eigenvalue weighted by Crippen LogP contribution is -2.31. The van der Waals surface area contributed by atoms with Crippen LogP contribution in [0.4, 0.5) is 0 Å². The van der Waals surface area contributed by atoms with Crippen LogP contribution >= 0.6 is 12.4 Å². The molecule has 0 saturated carbocycles. The fraction of sp³-hybridized carbons (Fsp3) is 0.556. The van der Waals surface area contributed by atoms with E-state index in [2.05, 4.69) is 0 Å². The lowest BCUT2D eigenvalue weighted by atomic mass is 10.4. The van der Waals surface area contributed by atoms with Crippen molar-refractivity contribution < 1.29 is 9.59 Å². The van der Waals surface area contributed by atoms with Gasteiger partial charge >= 0.3 is 0 Å². The molecule has 0 N–H and O–H groups in total. The first kappa shape index (κ1) is 13.0. The van der Waals surface area contributed by atoms with Crippen LogP contribution in [0.25, 0.3) is 0 Å². The van der Waals surface area contributed by atoms with E-state index in [0.717, 1.165) is 0 Å². The topological polar surface area (TPSA) is 40.6 Å². The van der Waals surface area contributed by atoms with Crippen LogP contribution in [0.3, 0.4) is 0 Å². The summed E-state index contributed by atoms with van der Waals surface area (Å²) in [6.07, 6.45) is 3.68. The van der Waals surface area contributed by atoms with Gasteiger partial charge in [-0.1, -0.05) is 0 Å². The van der Waals surface area contributed by atoms with Crippen molar-refractivity contribution in [2.75, 3.05) is 19.8 Å². The molecule has 0 bridgehead atoms. The number of carbonyl (C=O) groups excluding carboxylic acids is 2. The molecule has 1 rings (SSSR count). The molecule has 0 unspecified atom stereocenters. The normalized spacial score (nSPS) is 14.1. The second-order valence-corrected chi connectivity index (χ2v) is 3.34. The molecule has 0 radical (unpaired) electrons. The van der Waals surface area contributed by atoms with E-state index in [9.17, 15) is 9.59 Å². The van der Waals surface area contributed by atoms with Crippen molar-refractivity contribution in [3.8, 4) is 0 Å². The smallest absolute Gasteiger partial charge is 0.149 e. The highest BCUT2D eigenvalue weighted by atomic mass is 35.5. The maximum absolute atomic E-state index is 10.8. The Kier molecular flexibility index (Phi) is 5.23. The Morgan fingerprint density at radius 3 is 1.71 bits per heavy atom. The minimum Gasteiger partial charge on any atom is -0.351 e. The number of Topliss-reactive ketones (excluding diaryl/α,β-unsaturated/α-hetero) is 2. The molecule has 5 heteroatoms. The van der Waals surface area contributed by atoms with Crippen molar-refractivity contribution in [1.29, 1.82) is 0 Å². The molecule has 14 heavy (non-hydrogen) atoms. The van der Waals surface area contributed by atoms with E-state index in [1.54, 1.807) is 13.8 Å². The highest BCUT2D eigenvalue weighted by Crippen LogP contribution is 2.05. The first-order valence-corrected chi connectivity index (χ1v) is 4.23. The van der Waals surface area contributed by atoms with Crippen LogP contribution in [0.2, 0.25) is 0 Å². The van der Waals surface area contributed by atoms with Gasteiger partial charge in [0.1, 0.15) is 11.6 Å². The third kappa shape index (κ3) is 4.28. The van der Waals surface area contributed by atoms with E-state index in [0.29, 0.717) is 19.8 Å². The van der Waals surface area contributed by atoms with Crippen LogP contribution < -0.4 is 0 Å². The van der Waals surface area contributed by atoms with Crippen LogP contribution in [0.1, 0.15) is 13.8 Å². The molecule has 0 aliphatic carbocycles. The summed E-state index contributed by atoms with van der Waals surface area (Å²) in [5, 5.41) is 0.